The van der Waals surface area contributed by atoms with Crippen LogP contribution in [0, 0.1) is 37.3 Å². The van der Waals surface area contributed by atoms with E-state index in [1.54, 1.807) is 0 Å². The van der Waals surface area contributed by atoms with Gasteiger partial charge in [0, 0.05) is 0 Å². The fourth-order valence-electron chi connectivity index (χ4n) is 0. The van der Waals surface area contributed by atoms with Gasteiger partial charge in [-0.25, -0.2) is 0 Å². The van der Waals surface area contributed by atoms with Gasteiger partial charge in [0.15, 0.2) is 0 Å². The summed E-state index contributed by atoms with van der Waals surface area (Å²) in [5.41, 5.74) is 0. The van der Waals surface area contributed by atoms with Gasteiger partial charge in [-0.05, 0) is 0 Å². The van der Waals surface area contributed by atoms with Crippen LogP contribution in [0.25, 0.3) is 0 Å². The molecule has 7 heteroatoms. The SMILES string of the molecule is [Er+3].[OH-].[OH-].[OH-].[OH-].[OH-].[OH4+2]. The molecule has 0 fully saturated rings. The van der Waals surface area contributed by atoms with E-state index in [9.17, 15) is 0 Å². The van der Waals surface area contributed by atoms with E-state index in [0.29, 0.717) is 0 Å². The van der Waals surface area contributed by atoms with Gasteiger partial charge in [0.05, 0.1) is 0 Å². The Morgan fingerprint density at radius 3 is 0.429 bits per heavy atom. The van der Waals surface area contributed by atoms with Gasteiger partial charge in [-0.3, -0.25) is 0 Å². The van der Waals surface area contributed by atoms with Crippen LogP contribution in [-0.2, 0) is 5.48 Å². The van der Waals surface area contributed by atoms with Crippen LogP contribution in [0.1, 0.15) is 0 Å². The summed E-state index contributed by atoms with van der Waals surface area (Å²) in [6.07, 6.45) is 0. The first-order valence-corrected chi connectivity index (χ1v) is 0. The van der Waals surface area contributed by atoms with Crippen molar-refractivity contribution in [1.82, 2.24) is 0 Å². The summed E-state index contributed by atoms with van der Waals surface area (Å²) in [6.45, 7) is 0. The van der Waals surface area contributed by atoms with Gasteiger partial charge >= 0.3 is 37.3 Å². The van der Waals surface area contributed by atoms with Crippen LogP contribution in [0.2, 0.25) is 0 Å². The minimum atomic E-state index is 0. The van der Waals surface area contributed by atoms with Gasteiger partial charge in [0.25, 0.3) is 0 Å². The van der Waals surface area contributed by atoms with Crippen LogP contribution in [-0.4, -0.2) is 27.4 Å². The van der Waals surface area contributed by atoms with E-state index in [2.05, 4.69) is 0 Å². The van der Waals surface area contributed by atoms with Crippen molar-refractivity contribution in [3.63, 3.8) is 0 Å². The molecular formula is H9ErO6. The molecule has 0 aliphatic heterocycles. The van der Waals surface area contributed by atoms with Gasteiger partial charge in [-0.2, -0.15) is 0 Å². The fourth-order valence-corrected chi connectivity index (χ4v) is 0. The molecule has 0 spiro atoms. The molecule has 0 aliphatic rings. The van der Waals surface area contributed by atoms with E-state index in [-0.39, 0.29) is 70.2 Å². The summed E-state index contributed by atoms with van der Waals surface area (Å²) in [5, 5.41) is 0. The summed E-state index contributed by atoms with van der Waals surface area (Å²) in [5.74, 6) is 0. The molecule has 7 heavy (non-hydrogen) atoms. The Morgan fingerprint density at radius 2 is 0.429 bits per heavy atom. The first kappa shape index (κ1) is 388. The summed E-state index contributed by atoms with van der Waals surface area (Å²) in [6, 6.07) is 0. The minimum absolute atomic E-state index is 0. The predicted molar refractivity (Wildman–Crippen MR) is 15.9 cm³/mol. The third-order valence-electron chi connectivity index (χ3n) is 0. The molecular weight excluding hydrogens is 263 g/mol. The average Bonchev–Trinajstić information content (AvgIpc) is 0. The molecule has 0 bridgehead atoms. The van der Waals surface area contributed by atoms with E-state index in [1.807, 2.05) is 0 Å². The van der Waals surface area contributed by atoms with Crippen LogP contribution >= 0.6 is 0 Å². The third-order valence-corrected chi connectivity index (χ3v) is 0. The van der Waals surface area contributed by atoms with Crippen molar-refractivity contribution in [1.29, 1.82) is 0 Å². The molecule has 0 saturated carbocycles. The molecule has 9 N–H and O–H groups in total. The Kier molecular flexibility index (Phi) is 13800. The van der Waals surface area contributed by atoms with E-state index < -0.39 is 0 Å². The third kappa shape index (κ3) is 173. The van der Waals surface area contributed by atoms with Crippen molar-refractivity contribution < 1.29 is 70.2 Å². The minimum Gasteiger partial charge on any atom is -0.873 e. The maximum Gasteiger partial charge on any atom is 3.00 e. The Hall–Kier alpha value is 1.01. The Bertz CT molecular complexity index is 4.14. The van der Waals surface area contributed by atoms with Crippen LogP contribution in [0.3, 0.4) is 0 Å². The number of hydrogen-bond acceptors (Lipinski definition) is 5. The summed E-state index contributed by atoms with van der Waals surface area (Å²) in [7, 11) is 0. The molecule has 0 heterocycles. The average molecular weight is 272 g/mol. The topological polar surface area (TPSA) is 184 Å². The monoisotopic (exact) mass is 271 g/mol. The van der Waals surface area contributed by atoms with Gasteiger partial charge in [-0.1, -0.05) is 0 Å². The van der Waals surface area contributed by atoms with Crippen molar-refractivity contribution >= 4 is 0 Å². The van der Waals surface area contributed by atoms with Gasteiger partial charge in [0.1, 0.15) is 0 Å². The number of hydrogen-bond donors (Lipinski definition) is 0. The van der Waals surface area contributed by atoms with Gasteiger partial charge < -0.3 is 32.9 Å². The smallest absolute Gasteiger partial charge is 0.873 e. The Morgan fingerprint density at radius 1 is 0.429 bits per heavy atom. The second kappa shape index (κ2) is 249. The molecule has 0 aromatic carbocycles. The zero-order valence-electron chi connectivity index (χ0n) is 3.23. The molecule has 0 rings (SSSR count). The molecule has 0 aromatic heterocycles. The van der Waals surface area contributed by atoms with E-state index in [4.69, 9.17) is 0 Å². The predicted octanol–water partition coefficient (Wildman–Crippen LogP) is -2.07. The summed E-state index contributed by atoms with van der Waals surface area (Å²) in [4.78, 5) is 0. The maximum absolute atomic E-state index is 0. The first-order chi connectivity index (χ1) is 0. The van der Waals surface area contributed by atoms with E-state index >= 15 is 0 Å². The van der Waals surface area contributed by atoms with Crippen molar-refractivity contribution in [2.45, 2.75) is 0 Å². The van der Waals surface area contributed by atoms with Crippen molar-refractivity contribution in [2.24, 2.45) is 0 Å². The molecule has 0 unspecified atom stereocenters. The summed E-state index contributed by atoms with van der Waals surface area (Å²) >= 11 is 0. The normalized spacial score (nSPS) is 0. The molecule has 0 saturated heterocycles. The quantitative estimate of drug-likeness (QED) is 0.489. The van der Waals surface area contributed by atoms with Crippen molar-refractivity contribution in [2.75, 3.05) is 0 Å². The zero-order chi connectivity index (χ0) is 0. The van der Waals surface area contributed by atoms with Crippen LogP contribution < -0.4 is 0 Å². The second-order valence-corrected chi connectivity index (χ2v) is 0. The second-order valence-electron chi connectivity index (χ2n) is 0. The molecule has 0 aromatic rings. The Labute approximate surface area is 70.0 Å². The largest absolute Gasteiger partial charge is 3.00 e. The zero-order valence-corrected chi connectivity index (χ0v) is 5.08. The van der Waals surface area contributed by atoms with E-state index in [1.165, 1.54) is 0 Å². The standard InChI is InChI=1S/Er.H4O.5H2O/h;1H4;5*1H2/q+3;+2;;;;;/p-5. The molecule has 0 amide bonds. The molecule has 1 radical (unpaired) electrons. The van der Waals surface area contributed by atoms with Gasteiger partial charge in [-0.15, -0.1) is 0 Å². The van der Waals surface area contributed by atoms with Crippen molar-refractivity contribution in [3.05, 3.63) is 0 Å². The summed E-state index contributed by atoms with van der Waals surface area (Å²) < 4.78 is 0. The first-order valence-electron chi connectivity index (χ1n) is 0. The van der Waals surface area contributed by atoms with Crippen LogP contribution in [0.15, 0.2) is 0 Å². The molecule has 0 aliphatic carbocycles. The van der Waals surface area contributed by atoms with E-state index in [0.717, 1.165) is 0 Å². The van der Waals surface area contributed by atoms with Crippen LogP contribution in [0.5, 0.6) is 0 Å². The van der Waals surface area contributed by atoms with Crippen LogP contribution in [0.4, 0.5) is 0 Å². The maximum atomic E-state index is 0. The Balaban J connectivity index is 0. The molecule has 6 nitrogen and oxygen atoms in total. The number of rotatable bonds is 0. The van der Waals surface area contributed by atoms with Gasteiger partial charge in [0.2, 0.25) is 0 Å². The van der Waals surface area contributed by atoms with Crippen molar-refractivity contribution in [3.8, 4) is 0 Å². The molecule has 0 atom stereocenters. The molecule has 57 valence electrons. The fraction of sp³-hybridized carbons (Fsp3) is 0.